The molecule has 3 heterocycles. The fraction of sp³-hybridized carbons (Fsp3) is 0.474. The number of allylic oxidation sites excluding steroid dienone is 1. The molecule has 0 aromatic heterocycles. The molecule has 4 aliphatic rings. The highest BCUT2D eigenvalue weighted by Gasteiger charge is 2.48. The van der Waals surface area contributed by atoms with Gasteiger partial charge in [-0.3, -0.25) is 0 Å². The van der Waals surface area contributed by atoms with Crippen molar-refractivity contribution in [2.24, 2.45) is 0 Å². The summed E-state index contributed by atoms with van der Waals surface area (Å²) < 4.78 is 24.8. The highest BCUT2D eigenvalue weighted by molar-refractivity contribution is 5.92. The Morgan fingerprint density at radius 1 is 0.662 bits per heavy atom. The molecule has 0 amide bonds. The zero-order valence-corrected chi connectivity index (χ0v) is 41.1. The number of hydroxylamine groups is 4. The summed E-state index contributed by atoms with van der Waals surface area (Å²) in [6.45, 7) is 24.9. The summed E-state index contributed by atoms with van der Waals surface area (Å²) in [5, 5.41) is 37.5. The molecule has 3 fully saturated rings. The summed E-state index contributed by atoms with van der Waals surface area (Å²) in [6, 6.07) is 33.9. The minimum Gasteiger partial charge on any atom is -0.491 e. The Kier molecular flexibility index (Phi) is 14.3. The summed E-state index contributed by atoms with van der Waals surface area (Å²) in [5.41, 5.74) is 6.85. The lowest BCUT2D eigenvalue weighted by Gasteiger charge is -2.49. The number of rotatable bonds is 15. The van der Waals surface area contributed by atoms with Crippen LogP contribution in [0.15, 0.2) is 96.7 Å². The van der Waals surface area contributed by atoms with Gasteiger partial charge in [0.25, 0.3) is 5.70 Å². The zero-order valence-electron chi connectivity index (χ0n) is 41.1. The van der Waals surface area contributed by atoms with Crippen molar-refractivity contribution >= 4 is 29.1 Å². The van der Waals surface area contributed by atoms with Gasteiger partial charge in [0.1, 0.15) is 24.7 Å². The van der Waals surface area contributed by atoms with E-state index in [1.165, 1.54) is 21.4 Å². The monoisotopic (exact) mass is 918 g/mol. The first-order valence-electron chi connectivity index (χ1n) is 24.3. The molecule has 2 unspecified atom stereocenters. The minimum absolute atomic E-state index is 0.00454. The van der Waals surface area contributed by atoms with Gasteiger partial charge in [-0.05, 0) is 182 Å². The van der Waals surface area contributed by atoms with Crippen LogP contribution < -0.4 is 14.4 Å². The molecule has 11 nitrogen and oxygen atoms in total. The fourth-order valence-electron chi connectivity index (χ4n) is 11.6. The van der Waals surface area contributed by atoms with E-state index in [1.807, 2.05) is 91.8 Å². The quantitative estimate of drug-likeness (QED) is 0.0501. The molecule has 0 N–H and O–H groups in total. The first-order chi connectivity index (χ1) is 32.4. The second-order valence-electron chi connectivity index (χ2n) is 21.6. The number of hydrogen-bond acceptors (Lipinski definition) is 8. The third-order valence-corrected chi connectivity index (χ3v) is 14.4. The Morgan fingerprint density at radius 2 is 1.15 bits per heavy atom. The Morgan fingerprint density at radius 3 is 1.62 bits per heavy atom. The molecule has 2 radical (unpaired) electrons. The van der Waals surface area contributed by atoms with Crippen LogP contribution in [0.2, 0.25) is 0 Å². The average Bonchev–Trinajstić information content (AvgIpc) is 3.90. The van der Waals surface area contributed by atoms with Crippen LogP contribution in [0.25, 0.3) is 22.6 Å². The lowest BCUT2D eigenvalue weighted by molar-refractivity contribution is -0.301. The summed E-state index contributed by atoms with van der Waals surface area (Å²) >= 11 is 0. The van der Waals surface area contributed by atoms with E-state index in [1.54, 1.807) is 6.08 Å². The van der Waals surface area contributed by atoms with Crippen LogP contribution >= 0.6 is 0 Å². The van der Waals surface area contributed by atoms with Crippen molar-refractivity contribution in [3.63, 3.8) is 0 Å². The smallest absolute Gasteiger partial charge is 0.262 e. The van der Waals surface area contributed by atoms with Crippen molar-refractivity contribution in [3.8, 4) is 17.6 Å². The predicted octanol–water partition coefficient (Wildman–Crippen LogP) is 12.4. The van der Waals surface area contributed by atoms with Crippen molar-refractivity contribution in [2.45, 2.75) is 147 Å². The van der Waals surface area contributed by atoms with Crippen LogP contribution in [-0.4, -0.2) is 77.0 Å². The number of benzene rings is 4. The van der Waals surface area contributed by atoms with E-state index >= 15 is 0 Å². The molecule has 4 aromatic carbocycles. The largest absolute Gasteiger partial charge is 0.491 e. The number of nitrogens with zero attached hydrogens (tertiary/aromatic N) is 5. The highest BCUT2D eigenvalue weighted by atomic mass is 16.5. The van der Waals surface area contributed by atoms with Gasteiger partial charge in [0.05, 0.1) is 38.1 Å². The second kappa shape index (κ2) is 19.8. The third-order valence-electron chi connectivity index (χ3n) is 14.4. The normalized spacial score (nSPS) is 22.2. The molecule has 4 aromatic rings. The number of ether oxygens (including phenoxy) is 4. The molecule has 1 aliphatic carbocycles. The van der Waals surface area contributed by atoms with Crippen molar-refractivity contribution in [2.75, 3.05) is 31.3 Å². The molecule has 0 bridgehead atoms. The zero-order chi connectivity index (χ0) is 48.4. The predicted molar refractivity (Wildman–Crippen MR) is 266 cm³/mol. The van der Waals surface area contributed by atoms with Gasteiger partial charge in [-0.1, -0.05) is 55.0 Å². The van der Waals surface area contributed by atoms with Gasteiger partial charge < -0.3 is 23.8 Å². The summed E-state index contributed by atoms with van der Waals surface area (Å²) in [4.78, 5) is 5.85. The lowest BCUT2D eigenvalue weighted by Crippen LogP contribution is -2.60. The molecule has 356 valence electrons. The van der Waals surface area contributed by atoms with Crippen molar-refractivity contribution < 1.29 is 29.4 Å². The lowest BCUT2D eigenvalue weighted by atomic mass is 9.80. The van der Waals surface area contributed by atoms with Gasteiger partial charge in [-0.15, -0.1) is 20.5 Å². The van der Waals surface area contributed by atoms with Crippen LogP contribution in [-0.2, 0) is 19.9 Å². The minimum atomic E-state index is -0.485. The highest BCUT2D eigenvalue weighted by Crippen LogP contribution is 2.52. The van der Waals surface area contributed by atoms with E-state index in [0.717, 1.165) is 64.3 Å². The Labute approximate surface area is 403 Å². The molecule has 0 spiro atoms. The number of anilines is 2. The molecule has 2 saturated heterocycles. The first kappa shape index (κ1) is 48.9. The van der Waals surface area contributed by atoms with Crippen LogP contribution in [0.1, 0.15) is 134 Å². The van der Waals surface area contributed by atoms with Crippen LogP contribution in [0.5, 0.6) is 11.5 Å². The van der Waals surface area contributed by atoms with Gasteiger partial charge in [0, 0.05) is 45.5 Å². The maximum Gasteiger partial charge on any atom is 0.262 e. The van der Waals surface area contributed by atoms with Gasteiger partial charge in [0.2, 0.25) is 0 Å². The van der Waals surface area contributed by atoms with Gasteiger partial charge >= 0.3 is 0 Å². The van der Waals surface area contributed by atoms with Gasteiger partial charge in [0.15, 0.2) is 0 Å². The SMILES string of the molecule is [C-]#[N+]/C(C#N)=C\c1ccc2c(c1)C1CCCC1N2c1ccc(C=C(c2ccc(OCCOC3CC(C)(C)N([O])C(C)(C)C3)cc2)c2ccc(OCCOC3CC(C)(C)N([O])C(C)(C)C3)cc2)cc1. The average molecular weight is 918 g/mol. The van der Waals surface area contributed by atoms with E-state index in [9.17, 15) is 15.7 Å². The van der Waals surface area contributed by atoms with E-state index in [4.69, 9.17) is 25.5 Å². The summed E-state index contributed by atoms with van der Waals surface area (Å²) in [6.07, 6.45) is 10.0. The van der Waals surface area contributed by atoms with E-state index < -0.39 is 22.2 Å². The maximum atomic E-state index is 12.8. The van der Waals surface area contributed by atoms with E-state index in [0.29, 0.717) is 64.1 Å². The van der Waals surface area contributed by atoms with Gasteiger partial charge in [-0.2, -0.15) is 0 Å². The number of hydrogen-bond donors (Lipinski definition) is 0. The Balaban J connectivity index is 0.978. The van der Waals surface area contributed by atoms with Crippen LogP contribution in [0, 0.1) is 17.9 Å². The Bertz CT molecular complexity index is 2400. The van der Waals surface area contributed by atoms with Gasteiger partial charge in [-0.25, -0.2) is 10.1 Å². The number of piperidine rings is 2. The summed E-state index contributed by atoms with van der Waals surface area (Å²) in [7, 11) is 0. The molecule has 1 saturated carbocycles. The Hall–Kier alpha value is -5.50. The van der Waals surface area contributed by atoms with Crippen molar-refractivity contribution in [1.29, 1.82) is 5.26 Å². The topological polar surface area (TPSA) is 115 Å². The summed E-state index contributed by atoms with van der Waals surface area (Å²) in [5.74, 6) is 1.92. The standard InChI is InChI=1S/C57H67N5O6/c1-54(2)34-47(35-55(3,4)61(54)63)67-29-27-65-45-22-16-41(17-23-45)50(42-18-24-46(25-19-42)66-28-30-68-48-36-56(5,6)62(64)57(7,8)37-48)32-39-13-20-44(21-14-39)60-52-12-10-11-49(52)51-33-40(15-26-53(51)60)31-43(38-58)59-9/h13-26,31-33,47-49,52H,10-12,27-30,34-37H2,1-8H3/b43-31-. The first-order valence-corrected chi connectivity index (χ1v) is 24.3. The number of fused-ring (bicyclic) bond motifs is 3. The van der Waals surface area contributed by atoms with Crippen molar-refractivity contribution in [1.82, 2.24) is 10.1 Å². The van der Waals surface area contributed by atoms with Crippen LogP contribution in [0.4, 0.5) is 11.4 Å². The molecule has 68 heavy (non-hydrogen) atoms. The number of nitriles is 1. The molecular formula is C57H67N5O6. The molecule has 11 heteroatoms. The fourth-order valence-corrected chi connectivity index (χ4v) is 11.6. The van der Waals surface area contributed by atoms with E-state index in [-0.39, 0.29) is 17.9 Å². The van der Waals surface area contributed by atoms with Crippen molar-refractivity contribution in [3.05, 3.63) is 136 Å². The van der Waals surface area contributed by atoms with E-state index in [2.05, 4.69) is 76.5 Å². The maximum absolute atomic E-state index is 12.8. The molecule has 2 atom stereocenters. The molecular weight excluding hydrogens is 851 g/mol. The molecule has 3 aliphatic heterocycles. The second-order valence-corrected chi connectivity index (χ2v) is 21.6. The van der Waals surface area contributed by atoms with Crippen LogP contribution in [0.3, 0.4) is 0 Å². The molecule has 8 rings (SSSR count). The third kappa shape index (κ3) is 10.7.